The predicted molar refractivity (Wildman–Crippen MR) is 101 cm³/mol. The van der Waals surface area contributed by atoms with Crippen molar-refractivity contribution in [2.24, 2.45) is 5.92 Å². The van der Waals surface area contributed by atoms with Crippen LogP contribution in [0, 0.1) is 12.8 Å². The summed E-state index contributed by atoms with van der Waals surface area (Å²) in [7, 11) is 0. The summed E-state index contributed by atoms with van der Waals surface area (Å²) >= 11 is 0. The van der Waals surface area contributed by atoms with Gasteiger partial charge in [0.1, 0.15) is 5.82 Å². The minimum atomic E-state index is 0.253. The van der Waals surface area contributed by atoms with Crippen LogP contribution in [0.15, 0.2) is 24.3 Å². The van der Waals surface area contributed by atoms with Gasteiger partial charge in [0.2, 0.25) is 5.91 Å². The molecule has 26 heavy (non-hydrogen) atoms. The number of ether oxygens (including phenoxy) is 1. The summed E-state index contributed by atoms with van der Waals surface area (Å²) in [5.74, 6) is 2.00. The summed E-state index contributed by atoms with van der Waals surface area (Å²) < 4.78 is 7.68. The number of piperidine rings is 1. The molecule has 2 fully saturated rings. The Kier molecular flexibility index (Phi) is 5.22. The number of morpholine rings is 1. The number of hydrogen-bond donors (Lipinski definition) is 0. The zero-order chi connectivity index (χ0) is 17.9. The van der Waals surface area contributed by atoms with Gasteiger partial charge in [-0.15, -0.1) is 0 Å². The van der Waals surface area contributed by atoms with Gasteiger partial charge in [-0.2, -0.15) is 0 Å². The number of para-hydroxylation sites is 2. The molecule has 0 spiro atoms. The second kappa shape index (κ2) is 7.76. The van der Waals surface area contributed by atoms with E-state index in [1.54, 1.807) is 0 Å². The van der Waals surface area contributed by atoms with Crippen LogP contribution in [0.3, 0.4) is 0 Å². The normalized spacial score (nSPS) is 20.0. The maximum absolute atomic E-state index is 12.4. The Morgan fingerprint density at radius 3 is 2.65 bits per heavy atom. The van der Waals surface area contributed by atoms with Gasteiger partial charge in [-0.1, -0.05) is 12.1 Å². The van der Waals surface area contributed by atoms with Gasteiger partial charge in [-0.25, -0.2) is 4.98 Å². The Morgan fingerprint density at radius 2 is 1.88 bits per heavy atom. The number of rotatable bonds is 4. The standard InChI is InChI=1S/C20H28N4O2/c1-16-21-18-4-2-3-5-19(18)24(16)14-17-6-8-22(9-7-17)15-20(25)23-10-12-26-13-11-23/h2-5,17H,6-15H2,1H3. The van der Waals surface area contributed by atoms with E-state index in [0.717, 1.165) is 56.9 Å². The number of aryl methyl sites for hydroxylation is 1. The van der Waals surface area contributed by atoms with Gasteiger partial charge in [0.25, 0.3) is 0 Å². The van der Waals surface area contributed by atoms with E-state index in [1.807, 2.05) is 11.0 Å². The van der Waals surface area contributed by atoms with Crippen LogP contribution in [0.25, 0.3) is 11.0 Å². The molecule has 0 aliphatic carbocycles. The van der Waals surface area contributed by atoms with Crippen LogP contribution < -0.4 is 0 Å². The molecule has 0 N–H and O–H groups in total. The van der Waals surface area contributed by atoms with Crippen molar-refractivity contribution in [3.8, 4) is 0 Å². The van der Waals surface area contributed by atoms with Crippen LogP contribution in [0.5, 0.6) is 0 Å². The molecular weight excluding hydrogens is 328 g/mol. The zero-order valence-electron chi connectivity index (χ0n) is 15.6. The van der Waals surface area contributed by atoms with Gasteiger partial charge in [0, 0.05) is 19.6 Å². The van der Waals surface area contributed by atoms with Crippen molar-refractivity contribution in [2.75, 3.05) is 45.9 Å². The number of carbonyl (C=O) groups is 1. The number of aromatic nitrogens is 2. The van der Waals surface area contributed by atoms with Crippen molar-refractivity contribution in [3.63, 3.8) is 0 Å². The molecule has 1 aromatic heterocycles. The zero-order valence-corrected chi connectivity index (χ0v) is 15.6. The Hall–Kier alpha value is -1.92. The van der Waals surface area contributed by atoms with Gasteiger partial charge in [-0.3, -0.25) is 9.69 Å². The van der Waals surface area contributed by atoms with Crippen LogP contribution in [-0.2, 0) is 16.1 Å². The topological polar surface area (TPSA) is 50.6 Å². The molecule has 0 radical (unpaired) electrons. The molecule has 0 bridgehead atoms. The van der Waals surface area contributed by atoms with E-state index >= 15 is 0 Å². The highest BCUT2D eigenvalue weighted by Gasteiger charge is 2.24. The average molecular weight is 356 g/mol. The largest absolute Gasteiger partial charge is 0.378 e. The second-order valence-corrected chi connectivity index (χ2v) is 7.47. The quantitative estimate of drug-likeness (QED) is 0.840. The van der Waals surface area contributed by atoms with Crippen molar-refractivity contribution in [2.45, 2.75) is 26.3 Å². The SMILES string of the molecule is Cc1nc2ccccc2n1CC1CCN(CC(=O)N2CCOCC2)CC1. The number of fused-ring (bicyclic) bond motifs is 1. The van der Waals surface area contributed by atoms with E-state index in [9.17, 15) is 4.79 Å². The minimum Gasteiger partial charge on any atom is -0.378 e. The van der Waals surface area contributed by atoms with Gasteiger partial charge in [-0.05, 0) is 50.9 Å². The van der Waals surface area contributed by atoms with Crippen LogP contribution in [0.4, 0.5) is 0 Å². The van der Waals surface area contributed by atoms with Crippen LogP contribution >= 0.6 is 0 Å². The predicted octanol–water partition coefficient (Wildman–Crippen LogP) is 1.92. The van der Waals surface area contributed by atoms with Crippen molar-refractivity contribution >= 4 is 16.9 Å². The molecule has 2 saturated heterocycles. The first kappa shape index (κ1) is 17.5. The second-order valence-electron chi connectivity index (χ2n) is 7.47. The Bertz CT molecular complexity index is 758. The first-order chi connectivity index (χ1) is 12.7. The number of nitrogens with zero attached hydrogens (tertiary/aromatic N) is 4. The van der Waals surface area contributed by atoms with Crippen LogP contribution in [0.1, 0.15) is 18.7 Å². The smallest absolute Gasteiger partial charge is 0.236 e. The first-order valence-electron chi connectivity index (χ1n) is 9.70. The van der Waals surface area contributed by atoms with Gasteiger partial charge >= 0.3 is 0 Å². The van der Waals surface area contributed by atoms with Gasteiger partial charge < -0.3 is 14.2 Å². The lowest BCUT2D eigenvalue weighted by atomic mass is 9.96. The van der Waals surface area contributed by atoms with Crippen molar-refractivity contribution in [1.29, 1.82) is 0 Å². The lowest BCUT2D eigenvalue weighted by molar-refractivity contribution is -0.136. The van der Waals surface area contributed by atoms with E-state index in [4.69, 9.17) is 4.74 Å². The molecule has 4 rings (SSSR count). The van der Waals surface area contributed by atoms with Crippen molar-refractivity contribution in [1.82, 2.24) is 19.4 Å². The summed E-state index contributed by atoms with van der Waals surface area (Å²) in [6, 6.07) is 8.37. The van der Waals surface area contributed by atoms with E-state index in [2.05, 4.69) is 39.6 Å². The molecule has 1 aromatic carbocycles. The fourth-order valence-corrected chi connectivity index (χ4v) is 4.12. The third kappa shape index (κ3) is 3.76. The van der Waals surface area contributed by atoms with Crippen molar-refractivity contribution in [3.05, 3.63) is 30.1 Å². The molecule has 0 atom stereocenters. The summed E-state index contributed by atoms with van der Waals surface area (Å²) in [5.41, 5.74) is 2.31. The summed E-state index contributed by atoms with van der Waals surface area (Å²) in [5, 5.41) is 0. The summed E-state index contributed by atoms with van der Waals surface area (Å²) in [4.78, 5) is 21.3. The molecule has 1 amide bonds. The van der Waals surface area contributed by atoms with E-state index in [0.29, 0.717) is 25.7 Å². The number of amides is 1. The third-order valence-electron chi connectivity index (χ3n) is 5.72. The molecule has 6 heteroatoms. The minimum absolute atomic E-state index is 0.253. The Labute approximate surface area is 154 Å². The number of carbonyl (C=O) groups excluding carboxylic acids is 1. The monoisotopic (exact) mass is 356 g/mol. The molecule has 2 aromatic rings. The maximum Gasteiger partial charge on any atom is 0.236 e. The molecule has 2 aliphatic rings. The lowest BCUT2D eigenvalue weighted by Gasteiger charge is -2.34. The lowest BCUT2D eigenvalue weighted by Crippen LogP contribution is -2.47. The molecule has 2 aliphatic heterocycles. The fraction of sp³-hybridized carbons (Fsp3) is 0.600. The molecular formula is C20H28N4O2. The fourth-order valence-electron chi connectivity index (χ4n) is 4.12. The van der Waals surface area contributed by atoms with Crippen LogP contribution in [-0.4, -0.2) is 71.2 Å². The number of imidazole rings is 1. The molecule has 3 heterocycles. The van der Waals surface area contributed by atoms with Gasteiger partial charge in [0.15, 0.2) is 0 Å². The van der Waals surface area contributed by atoms with E-state index in [-0.39, 0.29) is 5.91 Å². The highest BCUT2D eigenvalue weighted by atomic mass is 16.5. The number of likely N-dealkylation sites (tertiary alicyclic amines) is 1. The Balaban J connectivity index is 1.31. The Morgan fingerprint density at radius 1 is 1.15 bits per heavy atom. The van der Waals surface area contributed by atoms with Crippen molar-refractivity contribution < 1.29 is 9.53 Å². The maximum atomic E-state index is 12.4. The number of hydrogen-bond acceptors (Lipinski definition) is 4. The van der Waals surface area contributed by atoms with E-state index in [1.165, 1.54) is 5.52 Å². The highest BCUT2D eigenvalue weighted by Crippen LogP contribution is 2.23. The molecule has 6 nitrogen and oxygen atoms in total. The summed E-state index contributed by atoms with van der Waals surface area (Å²) in [6.07, 6.45) is 2.28. The highest BCUT2D eigenvalue weighted by molar-refractivity contribution is 5.78. The van der Waals surface area contributed by atoms with Crippen LogP contribution in [0.2, 0.25) is 0 Å². The first-order valence-corrected chi connectivity index (χ1v) is 9.70. The van der Waals surface area contributed by atoms with Gasteiger partial charge in [0.05, 0.1) is 30.8 Å². The van der Waals surface area contributed by atoms with E-state index < -0.39 is 0 Å². The average Bonchev–Trinajstić information content (AvgIpc) is 2.99. The molecule has 0 saturated carbocycles. The third-order valence-corrected chi connectivity index (χ3v) is 5.72. The summed E-state index contributed by atoms with van der Waals surface area (Å²) in [6.45, 7) is 8.51. The number of benzene rings is 1. The molecule has 140 valence electrons. The molecule has 0 unspecified atom stereocenters.